The van der Waals surface area contributed by atoms with E-state index in [1.807, 2.05) is 25.1 Å². The average molecular weight is 371 g/mol. The smallest absolute Gasteiger partial charge is 0.297 e. The van der Waals surface area contributed by atoms with Gasteiger partial charge in [-0.1, -0.05) is 36.7 Å². The summed E-state index contributed by atoms with van der Waals surface area (Å²) < 4.78 is 15.5. The van der Waals surface area contributed by atoms with Gasteiger partial charge in [0.2, 0.25) is 5.82 Å². The Morgan fingerprint density at radius 2 is 1.96 bits per heavy atom. The third-order valence-electron chi connectivity index (χ3n) is 4.48. The zero-order valence-electron chi connectivity index (χ0n) is 14.1. The molecule has 4 rings (SSSR count). The summed E-state index contributed by atoms with van der Waals surface area (Å²) >= 11 is 6.26. The molecule has 132 valence electrons. The predicted molar refractivity (Wildman–Crippen MR) is 97.5 cm³/mol. The first kappa shape index (κ1) is 16.7. The number of fused-ring (bicyclic) bond motifs is 1. The summed E-state index contributed by atoms with van der Waals surface area (Å²) in [6.45, 7) is 2.35. The van der Waals surface area contributed by atoms with Crippen LogP contribution in [0.1, 0.15) is 28.9 Å². The largest absolute Gasteiger partial charge is 0.305 e. The van der Waals surface area contributed by atoms with E-state index >= 15 is 0 Å². The summed E-state index contributed by atoms with van der Waals surface area (Å²) in [5.74, 6) is 0.0930. The monoisotopic (exact) mass is 370 g/mol. The van der Waals surface area contributed by atoms with Crippen molar-refractivity contribution in [3.05, 3.63) is 70.5 Å². The zero-order valence-corrected chi connectivity index (χ0v) is 14.9. The maximum atomic E-state index is 13.9. The van der Waals surface area contributed by atoms with Gasteiger partial charge in [-0.05, 0) is 30.7 Å². The molecule has 1 aromatic heterocycles. The number of carbonyl (C=O) groups excluding carboxylic acids is 1. The second kappa shape index (κ2) is 6.53. The number of anilines is 1. The van der Waals surface area contributed by atoms with Crippen molar-refractivity contribution in [2.45, 2.75) is 19.8 Å². The summed E-state index contributed by atoms with van der Waals surface area (Å²) in [7, 11) is 0. The van der Waals surface area contributed by atoms with E-state index in [-0.39, 0.29) is 17.5 Å². The number of hydrogen-bond donors (Lipinski definition) is 0. The maximum absolute atomic E-state index is 13.9. The lowest BCUT2D eigenvalue weighted by Crippen LogP contribution is -2.30. The third-order valence-corrected chi connectivity index (χ3v) is 4.80. The standard InChI is InChI=1S/C19H16ClFN4O/c1-2-17-22-18(23-25(17)16-8-4-3-6-13(16)20)19(26)24-11-10-12-14(21)7-5-9-15(12)24/h3-9H,2,10-11H2,1H3. The van der Waals surface area contributed by atoms with Crippen LogP contribution in [-0.4, -0.2) is 27.2 Å². The van der Waals surface area contributed by atoms with E-state index in [2.05, 4.69) is 10.1 Å². The second-order valence-corrected chi connectivity index (χ2v) is 6.42. The number of halogens is 2. The predicted octanol–water partition coefficient (Wildman–Crippen LogP) is 3.83. The van der Waals surface area contributed by atoms with Crippen LogP contribution in [-0.2, 0) is 12.8 Å². The molecular formula is C19H16ClFN4O. The van der Waals surface area contributed by atoms with E-state index in [1.165, 1.54) is 11.0 Å². The Kier molecular flexibility index (Phi) is 4.20. The molecule has 3 aromatic rings. The van der Waals surface area contributed by atoms with Gasteiger partial charge in [-0.25, -0.2) is 14.1 Å². The Bertz CT molecular complexity index is 1000. The lowest BCUT2D eigenvalue weighted by atomic mass is 10.1. The molecule has 0 saturated heterocycles. The van der Waals surface area contributed by atoms with E-state index in [0.29, 0.717) is 47.2 Å². The topological polar surface area (TPSA) is 51.0 Å². The fraction of sp³-hybridized carbons (Fsp3) is 0.211. The van der Waals surface area contributed by atoms with E-state index in [4.69, 9.17) is 11.6 Å². The van der Waals surface area contributed by atoms with E-state index in [0.717, 1.165) is 0 Å². The lowest BCUT2D eigenvalue weighted by molar-refractivity contribution is 0.0979. The van der Waals surface area contributed by atoms with Crippen LogP contribution in [0.2, 0.25) is 5.02 Å². The minimum Gasteiger partial charge on any atom is -0.305 e. The van der Waals surface area contributed by atoms with Crippen molar-refractivity contribution < 1.29 is 9.18 Å². The van der Waals surface area contributed by atoms with Crippen molar-refractivity contribution in [3.63, 3.8) is 0 Å². The molecule has 1 aliphatic heterocycles. The first-order chi connectivity index (χ1) is 12.6. The molecule has 5 nitrogen and oxygen atoms in total. The summed E-state index contributed by atoms with van der Waals surface area (Å²) in [4.78, 5) is 18.9. The molecule has 1 amide bonds. The van der Waals surface area contributed by atoms with Gasteiger partial charge in [0.25, 0.3) is 5.91 Å². The summed E-state index contributed by atoms with van der Waals surface area (Å²) in [5, 5.41) is 4.92. The van der Waals surface area contributed by atoms with Crippen LogP contribution in [0, 0.1) is 5.82 Å². The number of para-hydroxylation sites is 1. The molecule has 0 bridgehead atoms. The van der Waals surface area contributed by atoms with Gasteiger partial charge in [-0.3, -0.25) is 4.79 Å². The van der Waals surface area contributed by atoms with Gasteiger partial charge in [0.05, 0.1) is 16.4 Å². The fourth-order valence-electron chi connectivity index (χ4n) is 3.20. The highest BCUT2D eigenvalue weighted by Crippen LogP contribution is 2.31. The van der Waals surface area contributed by atoms with Gasteiger partial charge in [0, 0.05) is 18.5 Å². The van der Waals surface area contributed by atoms with Gasteiger partial charge in [0.1, 0.15) is 11.6 Å². The number of aromatic nitrogens is 3. The van der Waals surface area contributed by atoms with Crippen molar-refractivity contribution in [1.29, 1.82) is 0 Å². The average Bonchev–Trinajstić information content (AvgIpc) is 3.26. The third kappa shape index (κ3) is 2.66. The molecule has 2 heterocycles. The minimum absolute atomic E-state index is 0.0823. The first-order valence-corrected chi connectivity index (χ1v) is 8.78. The Morgan fingerprint density at radius 1 is 1.19 bits per heavy atom. The quantitative estimate of drug-likeness (QED) is 0.704. The molecule has 0 N–H and O–H groups in total. The summed E-state index contributed by atoms with van der Waals surface area (Å²) in [6, 6.07) is 12.0. The first-order valence-electron chi connectivity index (χ1n) is 8.40. The van der Waals surface area contributed by atoms with Gasteiger partial charge in [-0.15, -0.1) is 5.10 Å². The van der Waals surface area contributed by atoms with Crippen LogP contribution < -0.4 is 4.90 Å². The Morgan fingerprint density at radius 3 is 2.73 bits per heavy atom. The molecule has 0 atom stereocenters. The number of amides is 1. The summed E-state index contributed by atoms with van der Waals surface area (Å²) in [5.41, 5.74) is 1.81. The van der Waals surface area contributed by atoms with E-state index in [9.17, 15) is 9.18 Å². The Hall–Kier alpha value is -2.73. The van der Waals surface area contributed by atoms with Crippen molar-refractivity contribution in [1.82, 2.24) is 14.8 Å². The van der Waals surface area contributed by atoms with Crippen LogP contribution >= 0.6 is 11.6 Å². The van der Waals surface area contributed by atoms with Gasteiger partial charge < -0.3 is 4.90 Å². The van der Waals surface area contributed by atoms with Gasteiger partial charge in [0.15, 0.2) is 0 Å². The molecule has 26 heavy (non-hydrogen) atoms. The van der Waals surface area contributed by atoms with Crippen molar-refractivity contribution >= 4 is 23.2 Å². The Labute approximate surface area is 155 Å². The van der Waals surface area contributed by atoms with Crippen molar-refractivity contribution in [2.75, 3.05) is 11.4 Å². The van der Waals surface area contributed by atoms with Crippen LogP contribution in [0.25, 0.3) is 5.69 Å². The van der Waals surface area contributed by atoms with Crippen LogP contribution in [0.15, 0.2) is 42.5 Å². The molecule has 0 radical (unpaired) electrons. The van der Waals surface area contributed by atoms with E-state index in [1.54, 1.807) is 22.9 Å². The highest BCUT2D eigenvalue weighted by Gasteiger charge is 2.30. The molecule has 0 unspecified atom stereocenters. The normalized spacial score (nSPS) is 13.1. The lowest BCUT2D eigenvalue weighted by Gasteiger charge is -2.15. The molecule has 0 aliphatic carbocycles. The fourth-order valence-corrected chi connectivity index (χ4v) is 3.42. The van der Waals surface area contributed by atoms with Crippen LogP contribution in [0.5, 0.6) is 0 Å². The second-order valence-electron chi connectivity index (χ2n) is 6.01. The van der Waals surface area contributed by atoms with Crippen molar-refractivity contribution in [2.24, 2.45) is 0 Å². The number of nitrogens with zero attached hydrogens (tertiary/aromatic N) is 4. The molecule has 0 saturated carbocycles. The molecule has 2 aromatic carbocycles. The molecule has 0 fully saturated rings. The van der Waals surface area contributed by atoms with E-state index < -0.39 is 0 Å². The Balaban J connectivity index is 1.73. The van der Waals surface area contributed by atoms with Gasteiger partial charge in [-0.2, -0.15) is 0 Å². The number of hydrogen-bond acceptors (Lipinski definition) is 3. The highest BCUT2D eigenvalue weighted by atomic mass is 35.5. The number of carbonyl (C=O) groups is 1. The SMILES string of the molecule is CCc1nc(C(=O)N2CCc3c(F)cccc32)nn1-c1ccccc1Cl. The molecule has 1 aliphatic rings. The zero-order chi connectivity index (χ0) is 18.3. The van der Waals surface area contributed by atoms with Gasteiger partial charge >= 0.3 is 0 Å². The minimum atomic E-state index is -0.338. The number of rotatable bonds is 3. The molecular weight excluding hydrogens is 355 g/mol. The van der Waals surface area contributed by atoms with Crippen LogP contribution in [0.3, 0.4) is 0 Å². The molecule has 0 spiro atoms. The van der Waals surface area contributed by atoms with Crippen LogP contribution in [0.4, 0.5) is 10.1 Å². The molecule has 7 heteroatoms. The highest BCUT2D eigenvalue weighted by molar-refractivity contribution is 6.32. The number of aryl methyl sites for hydroxylation is 1. The maximum Gasteiger partial charge on any atom is 0.297 e. The van der Waals surface area contributed by atoms with Crippen molar-refractivity contribution in [3.8, 4) is 5.69 Å². The number of benzene rings is 2. The summed E-state index contributed by atoms with van der Waals surface area (Å²) in [6.07, 6.45) is 1.08.